The van der Waals surface area contributed by atoms with E-state index in [9.17, 15) is 13.2 Å². The number of piperidine rings is 1. The molecule has 6 heteroatoms. The van der Waals surface area contributed by atoms with E-state index >= 15 is 0 Å². The number of carbonyl (C=O) groups is 1. The Balaban J connectivity index is 2.12. The van der Waals surface area contributed by atoms with Gasteiger partial charge in [-0.15, -0.1) is 0 Å². The van der Waals surface area contributed by atoms with Crippen molar-refractivity contribution >= 4 is 15.9 Å². The topological polar surface area (TPSA) is 57.7 Å². The summed E-state index contributed by atoms with van der Waals surface area (Å²) in [6, 6.07) is 6.31. The highest BCUT2D eigenvalue weighted by atomic mass is 32.2. The summed E-state index contributed by atoms with van der Waals surface area (Å²) in [5.41, 5.74) is 0.518. The van der Waals surface area contributed by atoms with Crippen molar-refractivity contribution in [2.45, 2.75) is 38.5 Å². The molecule has 0 N–H and O–H groups in total. The first-order valence-electron chi connectivity index (χ1n) is 8.57. The molecule has 1 aliphatic heterocycles. The Morgan fingerprint density at radius 2 is 1.75 bits per heavy atom. The summed E-state index contributed by atoms with van der Waals surface area (Å²) < 4.78 is 26.9. The largest absolute Gasteiger partial charge is 0.341 e. The van der Waals surface area contributed by atoms with E-state index < -0.39 is 10.0 Å². The van der Waals surface area contributed by atoms with Crippen LogP contribution in [0, 0.1) is 11.8 Å². The van der Waals surface area contributed by atoms with Gasteiger partial charge in [-0.2, -0.15) is 4.31 Å². The maximum absolute atomic E-state index is 12.7. The summed E-state index contributed by atoms with van der Waals surface area (Å²) in [4.78, 5) is 14.3. The number of hydrogen-bond donors (Lipinski definition) is 0. The predicted molar refractivity (Wildman–Crippen MR) is 95.4 cm³/mol. The van der Waals surface area contributed by atoms with Crippen molar-refractivity contribution in [2.24, 2.45) is 11.8 Å². The van der Waals surface area contributed by atoms with Gasteiger partial charge in [-0.05, 0) is 48.9 Å². The SMILES string of the molecule is CC(C)CN(C)C(=O)c1ccc(S(=O)(=O)N2CCC(C)CC2)cc1. The van der Waals surface area contributed by atoms with E-state index in [1.165, 1.54) is 0 Å². The fraction of sp³-hybridized carbons (Fsp3) is 0.611. The summed E-state index contributed by atoms with van der Waals surface area (Å²) >= 11 is 0. The van der Waals surface area contributed by atoms with Crippen molar-refractivity contribution < 1.29 is 13.2 Å². The van der Waals surface area contributed by atoms with Gasteiger partial charge in [0.1, 0.15) is 0 Å². The van der Waals surface area contributed by atoms with E-state index in [1.54, 1.807) is 40.5 Å². The highest BCUT2D eigenvalue weighted by Crippen LogP contribution is 2.23. The Bertz CT molecular complexity index is 660. The molecule has 1 aromatic rings. The molecule has 0 saturated carbocycles. The minimum Gasteiger partial charge on any atom is -0.341 e. The van der Waals surface area contributed by atoms with Crippen molar-refractivity contribution in [3.63, 3.8) is 0 Å². The lowest BCUT2D eigenvalue weighted by atomic mass is 10.0. The highest BCUT2D eigenvalue weighted by Gasteiger charge is 2.28. The monoisotopic (exact) mass is 352 g/mol. The smallest absolute Gasteiger partial charge is 0.253 e. The van der Waals surface area contributed by atoms with Gasteiger partial charge in [-0.3, -0.25) is 4.79 Å². The second-order valence-corrected chi connectivity index (χ2v) is 9.13. The van der Waals surface area contributed by atoms with Crippen LogP contribution in [0.1, 0.15) is 44.0 Å². The molecule has 0 spiro atoms. The quantitative estimate of drug-likeness (QED) is 0.819. The van der Waals surface area contributed by atoms with Crippen molar-refractivity contribution in [1.29, 1.82) is 0 Å². The molecule has 1 amide bonds. The van der Waals surface area contributed by atoms with Crippen LogP contribution in [0.5, 0.6) is 0 Å². The van der Waals surface area contributed by atoms with E-state index in [0.717, 1.165) is 12.8 Å². The summed E-state index contributed by atoms with van der Waals surface area (Å²) in [7, 11) is -1.69. The third kappa shape index (κ3) is 4.36. The summed E-state index contributed by atoms with van der Waals surface area (Å²) in [5, 5.41) is 0. The van der Waals surface area contributed by atoms with Crippen LogP contribution in [-0.4, -0.2) is 50.2 Å². The van der Waals surface area contributed by atoms with Gasteiger partial charge in [0.2, 0.25) is 10.0 Å². The fourth-order valence-electron chi connectivity index (χ4n) is 2.99. The lowest BCUT2D eigenvalue weighted by Crippen LogP contribution is -2.37. The Morgan fingerprint density at radius 3 is 2.25 bits per heavy atom. The van der Waals surface area contributed by atoms with Crippen LogP contribution in [0.25, 0.3) is 0 Å². The average molecular weight is 353 g/mol. The van der Waals surface area contributed by atoms with E-state index in [1.807, 2.05) is 0 Å². The zero-order valence-electron chi connectivity index (χ0n) is 15.0. The molecule has 0 aliphatic carbocycles. The molecule has 0 bridgehead atoms. The standard InChI is InChI=1S/C18H28N2O3S/c1-14(2)13-19(4)18(21)16-5-7-17(8-6-16)24(22,23)20-11-9-15(3)10-12-20/h5-8,14-15H,9-13H2,1-4H3. The Labute approximate surface area is 145 Å². The fourth-order valence-corrected chi connectivity index (χ4v) is 4.46. The molecule has 24 heavy (non-hydrogen) atoms. The molecule has 2 rings (SSSR count). The molecular weight excluding hydrogens is 324 g/mol. The number of amides is 1. The molecule has 1 heterocycles. The second-order valence-electron chi connectivity index (χ2n) is 7.19. The number of rotatable bonds is 5. The molecule has 0 aromatic heterocycles. The van der Waals surface area contributed by atoms with Crippen LogP contribution >= 0.6 is 0 Å². The minimum atomic E-state index is -3.46. The first-order chi connectivity index (χ1) is 11.2. The molecule has 1 fully saturated rings. The number of carbonyl (C=O) groups excluding carboxylic acids is 1. The Morgan fingerprint density at radius 1 is 1.21 bits per heavy atom. The van der Waals surface area contributed by atoms with Crippen molar-refractivity contribution in [2.75, 3.05) is 26.7 Å². The van der Waals surface area contributed by atoms with Gasteiger partial charge in [0, 0.05) is 32.2 Å². The molecule has 0 radical (unpaired) electrons. The molecular formula is C18H28N2O3S. The average Bonchev–Trinajstić information content (AvgIpc) is 2.54. The predicted octanol–water partition coefficient (Wildman–Crippen LogP) is 2.84. The summed E-state index contributed by atoms with van der Waals surface area (Å²) in [6.07, 6.45) is 1.80. The van der Waals surface area contributed by atoms with Crippen LogP contribution in [-0.2, 0) is 10.0 Å². The number of nitrogens with zero attached hydrogens (tertiary/aromatic N) is 2. The van der Waals surface area contributed by atoms with E-state index in [-0.39, 0.29) is 10.8 Å². The molecule has 0 atom stereocenters. The molecule has 1 aliphatic rings. The Hall–Kier alpha value is -1.40. The molecule has 1 aromatic carbocycles. The van der Waals surface area contributed by atoms with Crippen LogP contribution in [0.3, 0.4) is 0 Å². The van der Waals surface area contributed by atoms with Gasteiger partial charge < -0.3 is 4.90 Å². The van der Waals surface area contributed by atoms with Crippen LogP contribution in [0.2, 0.25) is 0 Å². The normalized spacial score (nSPS) is 17.2. The third-order valence-corrected chi connectivity index (χ3v) is 6.38. The van der Waals surface area contributed by atoms with Crippen molar-refractivity contribution in [3.05, 3.63) is 29.8 Å². The maximum Gasteiger partial charge on any atom is 0.253 e. The molecule has 134 valence electrons. The lowest BCUT2D eigenvalue weighted by molar-refractivity contribution is 0.0779. The van der Waals surface area contributed by atoms with Gasteiger partial charge >= 0.3 is 0 Å². The zero-order chi connectivity index (χ0) is 17.9. The van der Waals surface area contributed by atoms with E-state index in [0.29, 0.717) is 37.0 Å². The van der Waals surface area contributed by atoms with Crippen LogP contribution in [0.15, 0.2) is 29.2 Å². The van der Waals surface area contributed by atoms with Gasteiger partial charge in [0.15, 0.2) is 0 Å². The third-order valence-electron chi connectivity index (χ3n) is 4.47. The van der Waals surface area contributed by atoms with Crippen LogP contribution in [0.4, 0.5) is 0 Å². The second kappa shape index (κ2) is 7.66. The molecule has 5 nitrogen and oxygen atoms in total. The summed E-state index contributed by atoms with van der Waals surface area (Å²) in [6.45, 7) is 8.07. The molecule has 1 saturated heterocycles. The lowest BCUT2D eigenvalue weighted by Gasteiger charge is -2.29. The zero-order valence-corrected chi connectivity index (χ0v) is 15.8. The van der Waals surface area contributed by atoms with Gasteiger partial charge in [0.05, 0.1) is 4.90 Å². The van der Waals surface area contributed by atoms with Gasteiger partial charge in [-0.1, -0.05) is 20.8 Å². The van der Waals surface area contributed by atoms with E-state index in [4.69, 9.17) is 0 Å². The van der Waals surface area contributed by atoms with Crippen molar-refractivity contribution in [3.8, 4) is 0 Å². The number of hydrogen-bond acceptors (Lipinski definition) is 3. The summed E-state index contributed by atoms with van der Waals surface area (Å²) in [5.74, 6) is 0.882. The maximum atomic E-state index is 12.7. The first-order valence-corrected chi connectivity index (χ1v) is 10.0. The highest BCUT2D eigenvalue weighted by molar-refractivity contribution is 7.89. The first kappa shape index (κ1) is 18.9. The van der Waals surface area contributed by atoms with Crippen LogP contribution < -0.4 is 0 Å². The van der Waals surface area contributed by atoms with Gasteiger partial charge in [-0.25, -0.2) is 8.42 Å². The van der Waals surface area contributed by atoms with Gasteiger partial charge in [0.25, 0.3) is 5.91 Å². The minimum absolute atomic E-state index is 0.0838. The molecule has 0 unspecified atom stereocenters. The number of sulfonamides is 1. The Kier molecular flexibility index (Phi) is 6.04. The number of benzene rings is 1. The van der Waals surface area contributed by atoms with Crippen molar-refractivity contribution in [1.82, 2.24) is 9.21 Å². The van der Waals surface area contributed by atoms with E-state index in [2.05, 4.69) is 20.8 Å².